The number of hydrogen-bond acceptors (Lipinski definition) is 4. The molecule has 4 rings (SSSR count). The second-order valence-electron chi connectivity index (χ2n) is 7.07. The summed E-state index contributed by atoms with van der Waals surface area (Å²) in [6.45, 7) is 1.93. The Labute approximate surface area is 152 Å². The van der Waals surface area contributed by atoms with Crippen molar-refractivity contribution >= 4 is 17.5 Å². The zero-order valence-electron chi connectivity index (χ0n) is 14.8. The number of hydrogen-bond donors (Lipinski definition) is 2. The molecule has 0 radical (unpaired) electrons. The largest absolute Gasteiger partial charge is 0.351 e. The van der Waals surface area contributed by atoms with Gasteiger partial charge in [0, 0.05) is 50.9 Å². The zero-order chi connectivity index (χ0) is 18.1. The Hall–Kier alpha value is -2.67. The second kappa shape index (κ2) is 6.92. The quantitative estimate of drug-likeness (QED) is 0.846. The van der Waals surface area contributed by atoms with Gasteiger partial charge in [-0.1, -0.05) is 18.2 Å². The monoisotopic (exact) mass is 353 g/mol. The first kappa shape index (κ1) is 16.8. The molecule has 136 valence electrons. The number of carbonyl (C=O) groups is 2. The Morgan fingerprint density at radius 1 is 1.27 bits per heavy atom. The molecule has 2 aliphatic heterocycles. The van der Waals surface area contributed by atoms with Gasteiger partial charge < -0.3 is 15.5 Å². The van der Waals surface area contributed by atoms with Crippen molar-refractivity contribution < 1.29 is 9.59 Å². The summed E-state index contributed by atoms with van der Waals surface area (Å²) in [5, 5.41) is 10.6. The van der Waals surface area contributed by atoms with Crippen LogP contribution in [0.1, 0.15) is 17.9 Å². The summed E-state index contributed by atoms with van der Waals surface area (Å²) in [6.07, 6.45) is 4.14. The van der Waals surface area contributed by atoms with E-state index in [1.54, 1.807) is 9.58 Å². The van der Waals surface area contributed by atoms with Crippen molar-refractivity contribution in [3.63, 3.8) is 0 Å². The fourth-order valence-corrected chi connectivity index (χ4v) is 3.91. The van der Waals surface area contributed by atoms with E-state index >= 15 is 0 Å². The van der Waals surface area contributed by atoms with E-state index in [9.17, 15) is 9.59 Å². The third-order valence-electron chi connectivity index (χ3n) is 5.24. The number of aromatic nitrogens is 2. The molecule has 2 saturated heterocycles. The van der Waals surface area contributed by atoms with Crippen molar-refractivity contribution in [2.75, 3.05) is 24.5 Å². The van der Waals surface area contributed by atoms with Crippen LogP contribution in [-0.4, -0.2) is 47.3 Å². The van der Waals surface area contributed by atoms with Gasteiger partial charge in [0.25, 0.3) is 0 Å². The van der Waals surface area contributed by atoms with Gasteiger partial charge in [-0.05, 0) is 17.7 Å². The molecule has 0 spiro atoms. The van der Waals surface area contributed by atoms with Crippen molar-refractivity contribution in [3.05, 3.63) is 48.3 Å². The Bertz CT molecular complexity index is 803. The van der Waals surface area contributed by atoms with Crippen LogP contribution in [0, 0.1) is 5.92 Å². The first-order chi connectivity index (χ1) is 12.6. The molecule has 2 aliphatic rings. The highest BCUT2D eigenvalue weighted by molar-refractivity contribution is 5.97. The van der Waals surface area contributed by atoms with Crippen LogP contribution in [0.2, 0.25) is 0 Å². The first-order valence-electron chi connectivity index (χ1n) is 8.97. The number of carbonyl (C=O) groups excluding carboxylic acids is 2. The fourth-order valence-electron chi connectivity index (χ4n) is 3.91. The summed E-state index contributed by atoms with van der Waals surface area (Å²) in [6, 6.07) is 9.44. The van der Waals surface area contributed by atoms with E-state index in [-0.39, 0.29) is 29.7 Å². The maximum Gasteiger partial charge on any atom is 0.229 e. The minimum atomic E-state index is -0.148. The normalized spacial score (nSPS) is 25.7. The zero-order valence-corrected chi connectivity index (χ0v) is 14.8. The summed E-state index contributed by atoms with van der Waals surface area (Å²) in [5.74, 6) is 0.0394. The van der Waals surface area contributed by atoms with Gasteiger partial charge in [0.15, 0.2) is 0 Å². The summed E-state index contributed by atoms with van der Waals surface area (Å²) in [5.41, 5.74) is 1.95. The number of anilines is 1. The van der Waals surface area contributed by atoms with Crippen molar-refractivity contribution in [1.82, 2.24) is 20.4 Å². The molecule has 2 aromatic rings. The Morgan fingerprint density at radius 2 is 2.08 bits per heavy atom. The number of amides is 2. The number of benzene rings is 1. The van der Waals surface area contributed by atoms with E-state index in [2.05, 4.69) is 15.7 Å². The van der Waals surface area contributed by atoms with Gasteiger partial charge in [0.2, 0.25) is 11.8 Å². The molecule has 1 unspecified atom stereocenters. The number of nitrogens with one attached hydrogen (secondary N) is 2. The Balaban J connectivity index is 1.41. The molecule has 3 atom stereocenters. The summed E-state index contributed by atoms with van der Waals surface area (Å²) in [4.78, 5) is 26.9. The van der Waals surface area contributed by atoms with E-state index in [0.29, 0.717) is 19.5 Å². The molecule has 0 saturated carbocycles. The molecular weight excluding hydrogens is 330 g/mol. The molecule has 3 heterocycles. The first-order valence-corrected chi connectivity index (χ1v) is 8.97. The van der Waals surface area contributed by atoms with Gasteiger partial charge in [0.05, 0.1) is 18.2 Å². The Morgan fingerprint density at radius 3 is 2.81 bits per heavy atom. The predicted molar refractivity (Wildman–Crippen MR) is 97.7 cm³/mol. The van der Waals surface area contributed by atoms with Crippen molar-refractivity contribution in [1.29, 1.82) is 0 Å². The topological polar surface area (TPSA) is 79.3 Å². The summed E-state index contributed by atoms with van der Waals surface area (Å²) >= 11 is 0. The van der Waals surface area contributed by atoms with Gasteiger partial charge >= 0.3 is 0 Å². The van der Waals surface area contributed by atoms with Crippen molar-refractivity contribution in [2.24, 2.45) is 13.0 Å². The lowest BCUT2D eigenvalue weighted by atomic mass is 9.90. The van der Waals surface area contributed by atoms with E-state index in [1.165, 1.54) is 0 Å². The molecule has 26 heavy (non-hydrogen) atoms. The van der Waals surface area contributed by atoms with Crippen LogP contribution < -0.4 is 15.5 Å². The molecule has 2 amide bonds. The lowest BCUT2D eigenvalue weighted by molar-refractivity contribution is -0.125. The molecule has 1 aromatic heterocycles. The lowest BCUT2D eigenvalue weighted by Gasteiger charge is -2.20. The summed E-state index contributed by atoms with van der Waals surface area (Å²) < 4.78 is 1.76. The number of para-hydroxylation sites is 1. The molecule has 2 fully saturated rings. The predicted octanol–water partition coefficient (Wildman–Crippen LogP) is 0.645. The standard InChI is InChI=1S/C19H23N5O2/c1-23-11-13(8-21-23)16-9-20-10-17(16)19(26)22-14-7-18(25)24(12-14)15-5-3-2-4-6-15/h2-6,8,11,14,16-17,20H,7,9-10,12H2,1H3,(H,22,26)/t14?,16-,17+/m1/s1. The number of rotatable bonds is 4. The molecule has 1 aromatic carbocycles. The third kappa shape index (κ3) is 3.22. The van der Waals surface area contributed by atoms with Crippen LogP contribution in [0.3, 0.4) is 0 Å². The van der Waals surface area contributed by atoms with Crippen LogP contribution in [0.5, 0.6) is 0 Å². The molecule has 7 heteroatoms. The maximum atomic E-state index is 12.8. The molecule has 0 aliphatic carbocycles. The highest BCUT2D eigenvalue weighted by Gasteiger charge is 2.38. The fraction of sp³-hybridized carbons (Fsp3) is 0.421. The van der Waals surface area contributed by atoms with Crippen LogP contribution in [0.15, 0.2) is 42.7 Å². The van der Waals surface area contributed by atoms with E-state index in [1.807, 2.05) is 49.8 Å². The molecule has 7 nitrogen and oxygen atoms in total. The average molecular weight is 353 g/mol. The van der Waals surface area contributed by atoms with Gasteiger partial charge in [0.1, 0.15) is 0 Å². The van der Waals surface area contributed by atoms with Crippen LogP contribution in [0.4, 0.5) is 5.69 Å². The van der Waals surface area contributed by atoms with Gasteiger partial charge in [-0.25, -0.2) is 0 Å². The minimum absolute atomic E-state index is 0.0107. The van der Waals surface area contributed by atoms with Crippen LogP contribution in [-0.2, 0) is 16.6 Å². The number of aryl methyl sites for hydroxylation is 1. The van der Waals surface area contributed by atoms with Crippen LogP contribution >= 0.6 is 0 Å². The van der Waals surface area contributed by atoms with Crippen molar-refractivity contribution in [2.45, 2.75) is 18.4 Å². The summed E-state index contributed by atoms with van der Waals surface area (Å²) in [7, 11) is 1.88. The molecular formula is C19H23N5O2. The van der Waals surface area contributed by atoms with E-state index < -0.39 is 0 Å². The minimum Gasteiger partial charge on any atom is -0.351 e. The SMILES string of the molecule is Cn1cc([C@H]2CNC[C@@H]2C(=O)NC2CC(=O)N(c3ccccc3)C2)cn1. The molecule has 0 bridgehead atoms. The third-order valence-corrected chi connectivity index (χ3v) is 5.24. The lowest BCUT2D eigenvalue weighted by Crippen LogP contribution is -2.42. The van der Waals surface area contributed by atoms with Gasteiger partial charge in [-0.2, -0.15) is 5.10 Å². The average Bonchev–Trinajstić information content (AvgIpc) is 3.35. The number of nitrogens with zero attached hydrogens (tertiary/aromatic N) is 3. The van der Waals surface area contributed by atoms with E-state index in [0.717, 1.165) is 17.8 Å². The highest BCUT2D eigenvalue weighted by atomic mass is 16.2. The maximum absolute atomic E-state index is 12.8. The van der Waals surface area contributed by atoms with Crippen molar-refractivity contribution in [3.8, 4) is 0 Å². The van der Waals surface area contributed by atoms with Crippen LogP contribution in [0.25, 0.3) is 0 Å². The second-order valence-corrected chi connectivity index (χ2v) is 7.07. The van der Waals surface area contributed by atoms with Gasteiger partial charge in [-0.3, -0.25) is 14.3 Å². The highest BCUT2D eigenvalue weighted by Crippen LogP contribution is 2.28. The smallest absolute Gasteiger partial charge is 0.229 e. The Kier molecular flexibility index (Phi) is 4.46. The van der Waals surface area contributed by atoms with E-state index in [4.69, 9.17) is 0 Å². The van der Waals surface area contributed by atoms with Gasteiger partial charge in [-0.15, -0.1) is 0 Å². The molecule has 2 N–H and O–H groups in total.